The number of aryl methyl sites for hydroxylation is 1. The van der Waals surface area contributed by atoms with Crippen molar-refractivity contribution >= 4 is 11.6 Å². The van der Waals surface area contributed by atoms with Crippen LogP contribution in [0.5, 0.6) is 5.75 Å². The Hall–Kier alpha value is -3.54. The van der Waals surface area contributed by atoms with Crippen LogP contribution in [0.4, 0.5) is 5.69 Å². The Labute approximate surface area is 156 Å². The van der Waals surface area contributed by atoms with Crippen LogP contribution in [-0.2, 0) is 6.61 Å². The summed E-state index contributed by atoms with van der Waals surface area (Å²) < 4.78 is 6.16. The van der Waals surface area contributed by atoms with Gasteiger partial charge in [-0.15, -0.1) is 0 Å². The Morgan fingerprint density at radius 2 is 1.85 bits per heavy atom. The Kier molecular flexibility index (Phi) is 5.56. The number of nitrogens with zero attached hydrogens (tertiary/aromatic N) is 1. The van der Waals surface area contributed by atoms with Crippen molar-refractivity contribution in [2.75, 3.05) is 12.4 Å². The van der Waals surface area contributed by atoms with Crippen LogP contribution in [-0.4, -0.2) is 17.7 Å². The van der Waals surface area contributed by atoms with Crippen molar-refractivity contribution in [3.8, 4) is 5.75 Å². The molecule has 0 aliphatic rings. The number of ether oxygens (including phenoxy) is 1. The molecule has 138 valence electrons. The van der Waals surface area contributed by atoms with Crippen LogP contribution < -0.4 is 20.5 Å². The van der Waals surface area contributed by atoms with Crippen LogP contribution in [0.25, 0.3) is 0 Å². The number of hydrogen-bond donors (Lipinski definition) is 1. The summed E-state index contributed by atoms with van der Waals surface area (Å²) in [5, 5.41) is 2.70. The number of carbonyl (C=O) groups excluding carboxylic acids is 1. The van der Waals surface area contributed by atoms with Crippen molar-refractivity contribution in [3.63, 3.8) is 0 Å². The van der Waals surface area contributed by atoms with Crippen LogP contribution >= 0.6 is 0 Å². The van der Waals surface area contributed by atoms with Crippen molar-refractivity contribution in [1.82, 2.24) is 4.73 Å². The van der Waals surface area contributed by atoms with Gasteiger partial charge in [0.05, 0.1) is 7.11 Å². The number of aromatic nitrogens is 1. The van der Waals surface area contributed by atoms with Gasteiger partial charge < -0.3 is 14.9 Å². The van der Waals surface area contributed by atoms with E-state index in [2.05, 4.69) is 5.32 Å². The third kappa shape index (κ3) is 4.55. The predicted octanol–water partition coefficient (Wildman–Crippen LogP) is 3.05. The summed E-state index contributed by atoms with van der Waals surface area (Å²) in [6.07, 6.45) is 1.49. The number of amides is 1. The second-order valence-corrected chi connectivity index (χ2v) is 6.00. The van der Waals surface area contributed by atoms with Gasteiger partial charge in [0.25, 0.3) is 11.5 Å². The molecule has 27 heavy (non-hydrogen) atoms. The molecule has 0 saturated heterocycles. The van der Waals surface area contributed by atoms with E-state index in [0.29, 0.717) is 11.4 Å². The minimum atomic E-state index is -0.517. The molecule has 3 aromatic rings. The average molecular weight is 364 g/mol. The van der Waals surface area contributed by atoms with E-state index >= 15 is 0 Å². The van der Waals surface area contributed by atoms with Crippen LogP contribution in [0.3, 0.4) is 0 Å². The molecule has 1 aromatic heterocycles. The summed E-state index contributed by atoms with van der Waals surface area (Å²) in [6, 6.07) is 17.7. The number of pyridine rings is 1. The molecule has 6 heteroatoms. The topological polar surface area (TPSA) is 69.6 Å². The van der Waals surface area contributed by atoms with Crippen molar-refractivity contribution in [2.45, 2.75) is 13.5 Å². The molecule has 0 spiro atoms. The highest BCUT2D eigenvalue weighted by atomic mass is 16.7. The van der Waals surface area contributed by atoms with Crippen LogP contribution in [0, 0.1) is 6.92 Å². The summed E-state index contributed by atoms with van der Waals surface area (Å²) in [4.78, 5) is 30.6. The number of methoxy groups -OCH3 is 1. The smallest absolute Gasteiger partial charge is 0.295 e. The molecule has 0 atom stereocenters. The number of hydrogen-bond acceptors (Lipinski definition) is 4. The fourth-order valence-corrected chi connectivity index (χ4v) is 2.57. The lowest BCUT2D eigenvalue weighted by Crippen LogP contribution is -2.32. The van der Waals surface area contributed by atoms with Crippen LogP contribution in [0.1, 0.15) is 21.5 Å². The van der Waals surface area contributed by atoms with Gasteiger partial charge in [-0.1, -0.05) is 29.8 Å². The Balaban J connectivity index is 1.73. The fourth-order valence-electron chi connectivity index (χ4n) is 2.57. The summed E-state index contributed by atoms with van der Waals surface area (Å²) >= 11 is 0. The van der Waals surface area contributed by atoms with Crippen LogP contribution in [0.15, 0.2) is 71.7 Å². The lowest BCUT2D eigenvalue weighted by molar-refractivity contribution is 0.0863. The minimum Gasteiger partial charge on any atom is -0.497 e. The third-order valence-electron chi connectivity index (χ3n) is 3.96. The van der Waals surface area contributed by atoms with Gasteiger partial charge in [-0.2, -0.15) is 4.73 Å². The minimum absolute atomic E-state index is 0.00226. The average Bonchev–Trinajstić information content (AvgIpc) is 2.68. The number of anilines is 1. The van der Waals surface area contributed by atoms with Crippen molar-refractivity contribution in [2.24, 2.45) is 0 Å². The maximum atomic E-state index is 12.5. The molecule has 0 unspecified atom stereocenters. The maximum Gasteiger partial charge on any atom is 0.295 e. The molecule has 1 N–H and O–H groups in total. The highest BCUT2D eigenvalue weighted by Crippen LogP contribution is 2.15. The van der Waals surface area contributed by atoms with E-state index in [1.54, 1.807) is 37.4 Å². The molecular formula is C21H20N2O4. The lowest BCUT2D eigenvalue weighted by atomic mass is 10.1. The number of benzene rings is 2. The first-order chi connectivity index (χ1) is 13.1. The molecule has 6 nitrogen and oxygen atoms in total. The Bertz CT molecular complexity index is 994. The maximum absolute atomic E-state index is 12.5. The van der Waals surface area contributed by atoms with E-state index in [4.69, 9.17) is 9.57 Å². The quantitative estimate of drug-likeness (QED) is 0.730. The monoisotopic (exact) mass is 364 g/mol. The van der Waals surface area contributed by atoms with Crippen molar-refractivity contribution in [1.29, 1.82) is 0 Å². The first-order valence-corrected chi connectivity index (χ1v) is 8.43. The number of nitrogens with one attached hydrogen (secondary N) is 1. The Morgan fingerprint density at radius 1 is 1.07 bits per heavy atom. The highest BCUT2D eigenvalue weighted by Gasteiger charge is 2.13. The zero-order valence-corrected chi connectivity index (χ0v) is 15.1. The van der Waals surface area contributed by atoms with Crippen molar-refractivity contribution < 1.29 is 14.4 Å². The fraction of sp³-hybridized carbons (Fsp3) is 0.143. The van der Waals surface area contributed by atoms with Gasteiger partial charge >= 0.3 is 0 Å². The third-order valence-corrected chi connectivity index (χ3v) is 3.96. The summed E-state index contributed by atoms with van der Waals surface area (Å²) in [7, 11) is 1.57. The van der Waals surface area contributed by atoms with Gasteiger partial charge in [0.15, 0.2) is 0 Å². The lowest BCUT2D eigenvalue weighted by Gasteiger charge is -2.11. The van der Waals surface area contributed by atoms with Gasteiger partial charge in [0.1, 0.15) is 17.9 Å². The SMILES string of the molecule is COc1ccc(NC(=O)c2cccn(OCc3cccc(C)c3)c2=O)cc1. The first kappa shape index (κ1) is 18.3. The second-order valence-electron chi connectivity index (χ2n) is 6.00. The van der Waals surface area contributed by atoms with Crippen LogP contribution in [0.2, 0.25) is 0 Å². The predicted molar refractivity (Wildman–Crippen MR) is 103 cm³/mol. The van der Waals surface area contributed by atoms with E-state index in [9.17, 15) is 9.59 Å². The Morgan fingerprint density at radius 3 is 2.56 bits per heavy atom. The first-order valence-electron chi connectivity index (χ1n) is 8.43. The van der Waals surface area contributed by atoms with Gasteiger partial charge in [0.2, 0.25) is 0 Å². The molecule has 3 rings (SSSR count). The molecule has 0 aliphatic heterocycles. The zero-order chi connectivity index (χ0) is 19.2. The second kappa shape index (κ2) is 8.23. The largest absolute Gasteiger partial charge is 0.497 e. The molecule has 1 heterocycles. The summed E-state index contributed by atoms with van der Waals surface area (Å²) in [6.45, 7) is 2.21. The van der Waals surface area contributed by atoms with Gasteiger partial charge in [-0.3, -0.25) is 9.59 Å². The van der Waals surface area contributed by atoms with Gasteiger partial charge in [0, 0.05) is 11.9 Å². The van der Waals surface area contributed by atoms with E-state index in [1.165, 1.54) is 12.3 Å². The summed E-state index contributed by atoms with van der Waals surface area (Å²) in [5.41, 5.74) is 2.09. The summed E-state index contributed by atoms with van der Waals surface area (Å²) in [5.74, 6) is 0.179. The molecule has 0 saturated carbocycles. The number of carbonyl (C=O) groups is 1. The van der Waals surface area contributed by atoms with E-state index in [0.717, 1.165) is 15.9 Å². The van der Waals surface area contributed by atoms with Gasteiger partial charge in [-0.05, 0) is 48.9 Å². The van der Waals surface area contributed by atoms with E-state index in [-0.39, 0.29) is 12.2 Å². The molecule has 0 aliphatic carbocycles. The van der Waals surface area contributed by atoms with E-state index in [1.807, 2.05) is 31.2 Å². The molecule has 0 fully saturated rings. The molecule has 0 radical (unpaired) electrons. The van der Waals surface area contributed by atoms with E-state index < -0.39 is 11.5 Å². The standard InChI is InChI=1S/C21H20N2O4/c1-15-5-3-6-16(13-15)14-27-23-12-4-7-19(21(23)25)20(24)22-17-8-10-18(26-2)11-9-17/h3-13H,14H2,1-2H3,(H,22,24). The van der Waals surface area contributed by atoms with Crippen molar-refractivity contribution in [3.05, 3.63) is 93.9 Å². The molecule has 2 aromatic carbocycles. The number of rotatable bonds is 6. The molecule has 0 bridgehead atoms. The molecular weight excluding hydrogens is 344 g/mol. The zero-order valence-electron chi connectivity index (χ0n) is 15.1. The normalized spacial score (nSPS) is 10.3. The van der Waals surface area contributed by atoms with Gasteiger partial charge in [-0.25, -0.2) is 0 Å². The molecule has 1 amide bonds. The highest BCUT2D eigenvalue weighted by molar-refractivity contribution is 6.03.